The highest BCUT2D eigenvalue weighted by Gasteiger charge is 2.23. The molecule has 0 radical (unpaired) electrons. The van der Waals surface area contributed by atoms with Crippen LogP contribution in [-0.4, -0.2) is 0 Å². The normalized spacial score (nSPS) is 16.4. The summed E-state index contributed by atoms with van der Waals surface area (Å²) in [7, 11) is 0. The van der Waals surface area contributed by atoms with E-state index in [4.69, 9.17) is 15.4 Å². The molecule has 13 aromatic carbocycles. The van der Waals surface area contributed by atoms with E-state index in [1.165, 1.54) is 0 Å². The van der Waals surface area contributed by atoms with Crippen LogP contribution in [0.4, 0.5) is 0 Å². The van der Waals surface area contributed by atoms with Crippen LogP contribution in [0.1, 0.15) is 24.7 Å². The van der Waals surface area contributed by atoms with Gasteiger partial charge in [0.05, 0.1) is 24.7 Å². The lowest BCUT2D eigenvalue weighted by molar-refractivity contribution is 0.672. The Balaban J connectivity index is 1.23. The van der Waals surface area contributed by atoms with Gasteiger partial charge in [0.15, 0.2) is 0 Å². The molecule has 14 rings (SSSR count). The van der Waals surface area contributed by atoms with Gasteiger partial charge in [-0.25, -0.2) is 0 Å². The topological polar surface area (TPSA) is 13.1 Å². The average molecular weight is 789 g/mol. The Kier molecular flexibility index (Phi) is 4.08. The average Bonchev–Trinajstić information content (AvgIpc) is 3.33. The van der Waals surface area contributed by atoms with Crippen molar-refractivity contribution in [1.82, 2.24) is 0 Å². The first-order valence-corrected chi connectivity index (χ1v) is 19.7. The second-order valence-electron chi connectivity index (χ2n) is 15.3. The van der Waals surface area contributed by atoms with Gasteiger partial charge in [-0.15, -0.1) is 0 Å². The first kappa shape index (κ1) is 20.3. The van der Waals surface area contributed by atoms with Crippen molar-refractivity contribution in [2.24, 2.45) is 0 Å². The van der Waals surface area contributed by atoms with Gasteiger partial charge >= 0.3 is 0 Å². The Bertz CT molecular complexity index is 5120. The van der Waals surface area contributed by atoms with Crippen LogP contribution in [0.3, 0.4) is 0 Å². The van der Waals surface area contributed by atoms with Gasteiger partial charge < -0.3 is 4.42 Å². The number of fused-ring (bicyclic) bond motifs is 5. The van der Waals surface area contributed by atoms with Crippen LogP contribution in [0.5, 0.6) is 0 Å². The van der Waals surface area contributed by atoms with E-state index >= 15 is 0 Å². The van der Waals surface area contributed by atoms with E-state index in [0.29, 0.717) is 38.8 Å². The summed E-state index contributed by atoms with van der Waals surface area (Å²) in [6.45, 7) is 0. The van der Waals surface area contributed by atoms with Crippen molar-refractivity contribution < 1.29 is 29.1 Å². The maximum atomic E-state index is 10.1. The molecule has 61 heavy (non-hydrogen) atoms. The number of benzene rings is 13. The molecule has 0 spiro atoms. The van der Waals surface area contributed by atoms with E-state index in [0.717, 1.165) is 16.2 Å². The van der Waals surface area contributed by atoms with E-state index in [1.54, 1.807) is 36.4 Å². The summed E-state index contributed by atoms with van der Waals surface area (Å²) < 4.78 is 175. The molecule has 0 aliphatic rings. The van der Waals surface area contributed by atoms with Crippen molar-refractivity contribution in [1.29, 1.82) is 0 Å². The maximum absolute atomic E-state index is 10.1. The number of furan rings is 1. The second-order valence-corrected chi connectivity index (χ2v) is 15.3. The molecule has 0 aliphatic carbocycles. The second kappa shape index (κ2) is 12.3. The Morgan fingerprint density at radius 2 is 0.885 bits per heavy atom. The molecule has 14 aromatic rings. The van der Waals surface area contributed by atoms with Crippen LogP contribution >= 0.6 is 0 Å². The molecule has 1 nitrogen and oxygen atoms in total. The van der Waals surface area contributed by atoms with E-state index in [9.17, 15) is 13.7 Å². The molecule has 0 unspecified atom stereocenters. The Labute approximate surface area is 376 Å². The lowest BCUT2D eigenvalue weighted by Gasteiger charge is -2.22. The van der Waals surface area contributed by atoms with Crippen molar-refractivity contribution in [3.05, 3.63) is 206 Å². The smallest absolute Gasteiger partial charge is 0.143 e. The molecule has 0 N–H and O–H groups in total. The highest BCUT2D eigenvalue weighted by atomic mass is 16.3. The third-order valence-electron chi connectivity index (χ3n) is 12.1. The third-order valence-corrected chi connectivity index (χ3v) is 12.1. The highest BCUT2D eigenvalue weighted by Crippen LogP contribution is 2.49. The predicted molar refractivity (Wildman–Crippen MR) is 260 cm³/mol. The van der Waals surface area contributed by atoms with Gasteiger partial charge in [0, 0.05) is 16.2 Å². The van der Waals surface area contributed by atoms with E-state index in [2.05, 4.69) is 0 Å². The summed E-state index contributed by atoms with van der Waals surface area (Å²) >= 11 is 0. The van der Waals surface area contributed by atoms with Crippen LogP contribution < -0.4 is 0 Å². The van der Waals surface area contributed by atoms with Gasteiger partial charge in [0.25, 0.3) is 0 Å². The zero-order chi connectivity index (χ0) is 55.4. The number of rotatable bonds is 4. The molecule has 0 atom stereocenters. The largest absolute Gasteiger partial charge is 0.455 e. The lowest BCUT2D eigenvalue weighted by atomic mass is 9.81. The van der Waals surface area contributed by atoms with Crippen LogP contribution in [0.25, 0.3) is 142 Å². The summed E-state index contributed by atoms with van der Waals surface area (Å²) in [6.07, 6.45) is 0. The lowest BCUT2D eigenvalue weighted by Crippen LogP contribution is -1.95. The Morgan fingerprint density at radius 1 is 0.311 bits per heavy atom. The summed E-state index contributed by atoms with van der Waals surface area (Å²) in [5.74, 6) is 0. The maximum Gasteiger partial charge on any atom is 0.143 e. The zero-order valence-corrected chi connectivity index (χ0v) is 31.6. The summed E-state index contributed by atoms with van der Waals surface area (Å²) in [6, 6.07) is 19.5. The fraction of sp³-hybridized carbons (Fsp3) is 0. The first-order chi connectivity index (χ1) is 37.8. The molecule has 0 bridgehead atoms. The van der Waals surface area contributed by atoms with E-state index in [-0.39, 0.29) is 86.9 Å². The fourth-order valence-corrected chi connectivity index (χ4v) is 9.34. The highest BCUT2D eigenvalue weighted by molar-refractivity contribution is 6.28. The van der Waals surface area contributed by atoms with Crippen molar-refractivity contribution in [2.75, 3.05) is 0 Å². The number of hydrogen-bond acceptors (Lipinski definition) is 1. The minimum atomic E-state index is -0.621. The summed E-state index contributed by atoms with van der Waals surface area (Å²) in [5.41, 5.74) is 3.03. The molecular weight excluding hydrogens is 737 g/mol. The first-order valence-electron chi connectivity index (χ1n) is 28.7. The third kappa shape index (κ3) is 4.66. The van der Waals surface area contributed by atoms with E-state index in [1.807, 2.05) is 60.7 Å². The fourth-order valence-electron chi connectivity index (χ4n) is 9.34. The van der Waals surface area contributed by atoms with Gasteiger partial charge in [-0.1, -0.05) is 175 Å². The molecular formula is C60H34O. The quantitative estimate of drug-likeness (QED) is 0.162. The molecule has 1 aromatic heterocycles. The van der Waals surface area contributed by atoms with Gasteiger partial charge in [0.2, 0.25) is 0 Å². The van der Waals surface area contributed by atoms with Crippen molar-refractivity contribution in [3.63, 3.8) is 0 Å². The van der Waals surface area contributed by atoms with Crippen molar-refractivity contribution >= 4 is 97.3 Å². The Hall–Kier alpha value is -8.00. The molecule has 280 valence electrons. The minimum absolute atomic E-state index is 0.0355. The van der Waals surface area contributed by atoms with E-state index < -0.39 is 109 Å². The van der Waals surface area contributed by atoms with Crippen LogP contribution in [0, 0.1) is 0 Å². The van der Waals surface area contributed by atoms with Crippen molar-refractivity contribution in [3.8, 4) is 44.5 Å². The summed E-state index contributed by atoms with van der Waals surface area (Å²) in [5, 5.41) is 1.42. The molecule has 0 saturated carbocycles. The zero-order valence-electron chi connectivity index (χ0n) is 49.6. The molecule has 1 heterocycles. The van der Waals surface area contributed by atoms with Crippen molar-refractivity contribution in [2.45, 2.75) is 0 Å². The van der Waals surface area contributed by atoms with Crippen LogP contribution in [-0.2, 0) is 0 Å². The molecule has 0 fully saturated rings. The number of hydrogen-bond donors (Lipinski definition) is 0. The molecule has 0 amide bonds. The monoisotopic (exact) mass is 788 g/mol. The van der Waals surface area contributed by atoms with Gasteiger partial charge in [-0.2, -0.15) is 0 Å². The van der Waals surface area contributed by atoms with Crippen LogP contribution in [0.2, 0.25) is 0 Å². The van der Waals surface area contributed by atoms with Crippen LogP contribution in [0.15, 0.2) is 210 Å². The SMILES string of the molecule is [2H]c1c([2H])c2c([2H])c([2H])c3c([2H])c([2H])c(-c4cc(-c5ccccc5)c(-c5ccc6oc7c8ccccc8ccc7c6c5)c(-c5c([2H])c([2H])c6c([2H])c([2H])c7c([2H])c([2H])c([2H])c8c([2H])c([2H])c5c6c78)c4)c4c([2H])c([2H])c(c1[2H])c2c34. The summed E-state index contributed by atoms with van der Waals surface area (Å²) in [4.78, 5) is 0. The molecule has 1 heteroatoms. The van der Waals surface area contributed by atoms with Gasteiger partial charge in [-0.3, -0.25) is 0 Å². The standard InChI is InChI=1S/C60H34O/c1-2-8-35(9-3-1)51-33-44(45-26-21-41-18-16-37-11-6-13-39-23-28-48(45)58(41)55(37)39)34-53(47-27-22-42-19-17-38-12-7-14-40-24-29-49(47)59(42)56(38)40)57(51)43-25-31-54-52(32-43)50-30-20-36-10-4-5-15-46(36)60(50)61-54/h1-34H/i6D,7D,11D,12D,13D,14D,16D,17D,18D,19D,21D,22D,23D,24D,26D,27D,28D,29D. The molecule has 0 aliphatic heterocycles. The minimum Gasteiger partial charge on any atom is -0.455 e. The predicted octanol–water partition coefficient (Wildman–Crippen LogP) is 17.2. The Morgan fingerprint density at radius 3 is 1.59 bits per heavy atom. The molecule has 0 saturated heterocycles. The van der Waals surface area contributed by atoms with Gasteiger partial charge in [0.1, 0.15) is 11.2 Å². The van der Waals surface area contributed by atoms with Gasteiger partial charge in [-0.05, 0) is 145 Å².